The summed E-state index contributed by atoms with van der Waals surface area (Å²) in [6, 6.07) is 5.72. The number of hydrogen-bond acceptors (Lipinski definition) is 4. The molecule has 2 aliphatic rings. The number of benzene rings is 1. The summed E-state index contributed by atoms with van der Waals surface area (Å²) in [7, 11) is 1.71. The Labute approximate surface area is 140 Å². The molecule has 0 bridgehead atoms. The molecule has 2 heterocycles. The lowest BCUT2D eigenvalue weighted by atomic mass is 9.86. The zero-order valence-corrected chi connectivity index (χ0v) is 14.7. The molecule has 2 atom stereocenters. The van der Waals surface area contributed by atoms with Gasteiger partial charge in [0.1, 0.15) is 12.4 Å². The van der Waals surface area contributed by atoms with Crippen LogP contribution in [-0.4, -0.2) is 50.9 Å². The quantitative estimate of drug-likeness (QED) is 0.847. The van der Waals surface area contributed by atoms with Gasteiger partial charge in [-0.15, -0.1) is 0 Å². The number of rotatable bonds is 5. The van der Waals surface area contributed by atoms with E-state index in [1.807, 2.05) is 0 Å². The molecule has 2 fully saturated rings. The third-order valence-corrected chi connectivity index (χ3v) is 5.49. The summed E-state index contributed by atoms with van der Waals surface area (Å²) < 4.78 is 10.9. The maximum atomic E-state index is 5.86. The predicted molar refractivity (Wildman–Crippen MR) is 93.2 cm³/mol. The van der Waals surface area contributed by atoms with Crippen molar-refractivity contribution < 1.29 is 9.47 Å². The molecule has 2 aliphatic heterocycles. The van der Waals surface area contributed by atoms with Gasteiger partial charge in [-0.05, 0) is 55.9 Å². The van der Waals surface area contributed by atoms with Crippen LogP contribution >= 0.6 is 0 Å². The van der Waals surface area contributed by atoms with Gasteiger partial charge in [-0.2, -0.15) is 0 Å². The van der Waals surface area contributed by atoms with Crippen molar-refractivity contribution in [1.29, 1.82) is 0 Å². The fourth-order valence-electron chi connectivity index (χ4n) is 4.07. The molecule has 0 unspecified atom stereocenters. The topological polar surface area (TPSA) is 33.7 Å². The molecule has 1 aromatic carbocycles. The molecule has 3 rings (SSSR count). The minimum absolute atomic E-state index is 0.572. The SMILES string of the molecule is COCCOc1ccc([C@H]2CCC[C@H]3CNCCN32)c(C)c1C. The first kappa shape index (κ1) is 16.7. The summed E-state index contributed by atoms with van der Waals surface area (Å²) in [6.45, 7) is 9.10. The number of nitrogens with zero attached hydrogens (tertiary/aromatic N) is 1. The first-order chi connectivity index (χ1) is 11.2. The van der Waals surface area contributed by atoms with Crippen molar-refractivity contribution in [2.75, 3.05) is 40.0 Å². The highest BCUT2D eigenvalue weighted by Gasteiger charge is 2.33. The molecular weight excluding hydrogens is 288 g/mol. The average Bonchev–Trinajstić information content (AvgIpc) is 2.59. The molecule has 1 aromatic rings. The Morgan fingerprint density at radius 1 is 1.17 bits per heavy atom. The summed E-state index contributed by atoms with van der Waals surface area (Å²) in [5, 5.41) is 3.55. The predicted octanol–water partition coefficient (Wildman–Crippen LogP) is 2.83. The van der Waals surface area contributed by atoms with E-state index in [2.05, 4.69) is 36.2 Å². The first-order valence-corrected chi connectivity index (χ1v) is 8.90. The Morgan fingerprint density at radius 3 is 2.87 bits per heavy atom. The van der Waals surface area contributed by atoms with Gasteiger partial charge in [-0.25, -0.2) is 0 Å². The van der Waals surface area contributed by atoms with Crippen molar-refractivity contribution in [1.82, 2.24) is 10.2 Å². The van der Waals surface area contributed by atoms with Gasteiger partial charge < -0.3 is 14.8 Å². The van der Waals surface area contributed by atoms with Gasteiger partial charge in [-0.3, -0.25) is 4.90 Å². The van der Waals surface area contributed by atoms with Crippen LogP contribution in [0.15, 0.2) is 12.1 Å². The van der Waals surface area contributed by atoms with Crippen LogP contribution in [0.2, 0.25) is 0 Å². The van der Waals surface area contributed by atoms with Gasteiger partial charge in [0.05, 0.1) is 6.61 Å². The number of ether oxygens (including phenoxy) is 2. The maximum Gasteiger partial charge on any atom is 0.122 e. The summed E-state index contributed by atoms with van der Waals surface area (Å²) >= 11 is 0. The van der Waals surface area contributed by atoms with E-state index in [0.717, 1.165) is 18.8 Å². The van der Waals surface area contributed by atoms with Crippen molar-refractivity contribution >= 4 is 0 Å². The Morgan fingerprint density at radius 2 is 2.04 bits per heavy atom. The van der Waals surface area contributed by atoms with Crippen LogP contribution in [0, 0.1) is 13.8 Å². The Hall–Kier alpha value is -1.10. The highest BCUT2D eigenvalue weighted by molar-refractivity contribution is 5.45. The molecule has 0 aliphatic carbocycles. The standard InChI is InChI=1S/C19H30N2O2/c1-14-15(2)19(23-12-11-22-3)8-7-17(14)18-6-4-5-16-13-20-9-10-21(16)18/h7-8,16,18,20H,4-6,9-13H2,1-3H3/t16-,18+/m0/s1. The third-order valence-electron chi connectivity index (χ3n) is 5.49. The van der Waals surface area contributed by atoms with Gasteiger partial charge in [0, 0.05) is 38.8 Å². The van der Waals surface area contributed by atoms with Crippen molar-refractivity contribution in [3.05, 3.63) is 28.8 Å². The van der Waals surface area contributed by atoms with Gasteiger partial charge in [0.2, 0.25) is 0 Å². The molecule has 0 aromatic heterocycles. The largest absolute Gasteiger partial charge is 0.491 e. The van der Waals surface area contributed by atoms with Gasteiger partial charge in [-0.1, -0.05) is 6.07 Å². The highest BCUT2D eigenvalue weighted by atomic mass is 16.5. The molecule has 0 spiro atoms. The lowest BCUT2D eigenvalue weighted by Gasteiger charge is -2.46. The van der Waals surface area contributed by atoms with Crippen molar-refractivity contribution in [3.8, 4) is 5.75 Å². The number of methoxy groups -OCH3 is 1. The first-order valence-electron chi connectivity index (χ1n) is 8.90. The monoisotopic (exact) mass is 318 g/mol. The van der Waals surface area contributed by atoms with Crippen LogP contribution in [0.25, 0.3) is 0 Å². The molecule has 128 valence electrons. The Bertz CT molecular complexity index is 530. The number of nitrogens with one attached hydrogen (secondary N) is 1. The smallest absolute Gasteiger partial charge is 0.122 e. The lowest BCUT2D eigenvalue weighted by Crippen LogP contribution is -2.54. The summed E-state index contributed by atoms with van der Waals surface area (Å²) in [5.41, 5.74) is 4.16. The van der Waals surface area contributed by atoms with Gasteiger partial charge >= 0.3 is 0 Å². The van der Waals surface area contributed by atoms with E-state index in [-0.39, 0.29) is 0 Å². The van der Waals surface area contributed by atoms with E-state index >= 15 is 0 Å². The second-order valence-corrected chi connectivity index (χ2v) is 6.79. The minimum atomic E-state index is 0.572. The van der Waals surface area contributed by atoms with Crippen molar-refractivity contribution in [2.45, 2.75) is 45.2 Å². The van der Waals surface area contributed by atoms with E-state index in [0.29, 0.717) is 25.3 Å². The zero-order chi connectivity index (χ0) is 16.2. The molecule has 4 nitrogen and oxygen atoms in total. The molecule has 0 amide bonds. The number of piperidine rings is 1. The highest BCUT2D eigenvalue weighted by Crippen LogP contribution is 2.38. The van der Waals surface area contributed by atoms with E-state index in [1.165, 1.54) is 42.5 Å². The molecular formula is C19H30N2O2. The molecule has 0 saturated carbocycles. The Kier molecular flexibility index (Phi) is 5.57. The van der Waals surface area contributed by atoms with Crippen LogP contribution in [0.1, 0.15) is 42.0 Å². The number of fused-ring (bicyclic) bond motifs is 1. The number of hydrogen-bond donors (Lipinski definition) is 1. The van der Waals surface area contributed by atoms with E-state index < -0.39 is 0 Å². The van der Waals surface area contributed by atoms with Crippen molar-refractivity contribution in [3.63, 3.8) is 0 Å². The maximum absolute atomic E-state index is 5.86. The molecule has 1 N–H and O–H groups in total. The normalized spacial score (nSPS) is 25.2. The van der Waals surface area contributed by atoms with Crippen LogP contribution in [-0.2, 0) is 4.74 Å². The second kappa shape index (κ2) is 7.65. The molecule has 4 heteroatoms. The average molecular weight is 318 g/mol. The summed E-state index contributed by atoms with van der Waals surface area (Å²) in [4.78, 5) is 2.73. The second-order valence-electron chi connectivity index (χ2n) is 6.79. The third kappa shape index (κ3) is 3.54. The van der Waals surface area contributed by atoms with E-state index in [4.69, 9.17) is 9.47 Å². The fourth-order valence-corrected chi connectivity index (χ4v) is 4.07. The van der Waals surface area contributed by atoms with Crippen LogP contribution in [0.4, 0.5) is 0 Å². The lowest BCUT2D eigenvalue weighted by molar-refractivity contribution is 0.0615. The van der Waals surface area contributed by atoms with E-state index in [9.17, 15) is 0 Å². The fraction of sp³-hybridized carbons (Fsp3) is 0.684. The number of piperazine rings is 1. The molecule has 23 heavy (non-hydrogen) atoms. The van der Waals surface area contributed by atoms with E-state index in [1.54, 1.807) is 7.11 Å². The minimum Gasteiger partial charge on any atom is -0.491 e. The van der Waals surface area contributed by atoms with Gasteiger partial charge in [0.15, 0.2) is 0 Å². The van der Waals surface area contributed by atoms with Crippen LogP contribution in [0.5, 0.6) is 5.75 Å². The Balaban J connectivity index is 1.80. The molecule has 2 saturated heterocycles. The zero-order valence-electron chi connectivity index (χ0n) is 14.7. The van der Waals surface area contributed by atoms with Crippen LogP contribution < -0.4 is 10.1 Å². The summed E-state index contributed by atoms with van der Waals surface area (Å²) in [5.74, 6) is 0.996. The van der Waals surface area contributed by atoms with Crippen LogP contribution in [0.3, 0.4) is 0 Å². The van der Waals surface area contributed by atoms with Gasteiger partial charge in [0.25, 0.3) is 0 Å². The summed E-state index contributed by atoms with van der Waals surface area (Å²) in [6.07, 6.45) is 3.94. The molecule has 0 radical (unpaired) electrons. The van der Waals surface area contributed by atoms with Crippen molar-refractivity contribution in [2.24, 2.45) is 0 Å².